The number of rotatable bonds is 4. The van der Waals surface area contributed by atoms with Crippen LogP contribution >= 0.6 is 11.6 Å². The molecule has 3 rings (SSSR count). The smallest absolute Gasteiger partial charge is 0.282 e. The summed E-state index contributed by atoms with van der Waals surface area (Å²) in [6, 6.07) is 11.4. The number of azo groups is 1. The highest BCUT2D eigenvalue weighted by molar-refractivity contribution is 7.85. The summed E-state index contributed by atoms with van der Waals surface area (Å²) in [5.74, 6) is -0.531. The van der Waals surface area contributed by atoms with Crippen LogP contribution < -0.4 is 5.01 Å². The maximum absolute atomic E-state index is 12.6. The Morgan fingerprint density at radius 3 is 2.54 bits per heavy atom. The second-order valence-corrected chi connectivity index (χ2v) is 7.26. The van der Waals surface area contributed by atoms with Gasteiger partial charge in [0.1, 0.15) is 0 Å². The molecule has 8 nitrogen and oxygen atoms in total. The SMILES string of the molecule is CC1=NN(c2cc(S(=O)(=O)O)ccc2Cl)C(=O)[C@H]1N=Nc1ccccc1. The predicted octanol–water partition coefficient (Wildman–Crippen LogP) is 3.46. The first-order valence-corrected chi connectivity index (χ1v) is 9.21. The lowest BCUT2D eigenvalue weighted by atomic mass is 10.2. The molecular formula is C16H13ClN4O4S. The van der Waals surface area contributed by atoms with E-state index in [4.69, 9.17) is 11.6 Å². The van der Waals surface area contributed by atoms with Crippen molar-refractivity contribution < 1.29 is 17.8 Å². The predicted molar refractivity (Wildman–Crippen MR) is 96.6 cm³/mol. The minimum Gasteiger partial charge on any atom is -0.282 e. The molecule has 2 aromatic carbocycles. The summed E-state index contributed by atoms with van der Waals surface area (Å²) in [5, 5.41) is 13.2. The van der Waals surface area contributed by atoms with Crippen molar-refractivity contribution >= 4 is 44.7 Å². The van der Waals surface area contributed by atoms with Gasteiger partial charge in [0, 0.05) is 0 Å². The number of anilines is 1. The normalized spacial score (nSPS) is 17.8. The van der Waals surface area contributed by atoms with E-state index >= 15 is 0 Å². The first-order chi connectivity index (χ1) is 12.3. The van der Waals surface area contributed by atoms with E-state index in [2.05, 4.69) is 15.3 Å². The van der Waals surface area contributed by atoms with E-state index in [0.29, 0.717) is 11.4 Å². The summed E-state index contributed by atoms with van der Waals surface area (Å²) in [6.07, 6.45) is 0. The average molecular weight is 393 g/mol. The number of benzene rings is 2. The van der Waals surface area contributed by atoms with Crippen LogP contribution in [0.3, 0.4) is 0 Å². The van der Waals surface area contributed by atoms with E-state index in [1.54, 1.807) is 31.2 Å². The molecule has 0 radical (unpaired) electrons. The Labute approximate surface area is 154 Å². The Hall–Kier alpha value is -2.62. The largest absolute Gasteiger partial charge is 0.294 e. The minimum absolute atomic E-state index is 0.0311. The van der Waals surface area contributed by atoms with Crippen LogP contribution in [0.2, 0.25) is 5.02 Å². The third-order valence-corrected chi connectivity index (χ3v) is 4.75. The Kier molecular flexibility index (Phi) is 4.86. The van der Waals surface area contributed by atoms with Crippen LogP contribution in [0.1, 0.15) is 6.92 Å². The molecule has 2 aromatic rings. The van der Waals surface area contributed by atoms with Gasteiger partial charge in [0.15, 0.2) is 6.04 Å². The number of carbonyl (C=O) groups is 1. The summed E-state index contributed by atoms with van der Waals surface area (Å²) in [4.78, 5) is 12.2. The quantitative estimate of drug-likeness (QED) is 0.634. The van der Waals surface area contributed by atoms with Crippen LogP contribution in [-0.4, -0.2) is 30.6 Å². The van der Waals surface area contributed by atoms with Gasteiger partial charge in [-0.3, -0.25) is 9.35 Å². The summed E-state index contributed by atoms with van der Waals surface area (Å²) >= 11 is 6.07. The van der Waals surface area contributed by atoms with Gasteiger partial charge >= 0.3 is 0 Å². The Morgan fingerprint density at radius 2 is 1.88 bits per heavy atom. The van der Waals surface area contributed by atoms with Gasteiger partial charge in [0.2, 0.25) is 0 Å². The van der Waals surface area contributed by atoms with Crippen molar-refractivity contribution in [1.82, 2.24) is 0 Å². The first-order valence-electron chi connectivity index (χ1n) is 7.39. The van der Waals surface area contributed by atoms with Crippen molar-refractivity contribution in [2.24, 2.45) is 15.3 Å². The van der Waals surface area contributed by atoms with E-state index in [0.717, 1.165) is 17.1 Å². The Morgan fingerprint density at radius 1 is 1.19 bits per heavy atom. The average Bonchev–Trinajstić information content (AvgIpc) is 2.87. The third-order valence-electron chi connectivity index (χ3n) is 3.58. The van der Waals surface area contributed by atoms with Crippen molar-refractivity contribution in [3.8, 4) is 0 Å². The van der Waals surface area contributed by atoms with Crippen LogP contribution in [0.25, 0.3) is 0 Å². The molecule has 10 heteroatoms. The third kappa shape index (κ3) is 3.64. The van der Waals surface area contributed by atoms with Crippen molar-refractivity contribution in [1.29, 1.82) is 0 Å². The minimum atomic E-state index is -4.45. The number of hydrazone groups is 1. The molecule has 0 spiro atoms. The molecule has 0 saturated carbocycles. The second kappa shape index (κ2) is 6.94. The van der Waals surface area contributed by atoms with E-state index < -0.39 is 27.0 Å². The fraction of sp³-hybridized carbons (Fsp3) is 0.125. The number of hydrogen-bond acceptors (Lipinski definition) is 6. The van der Waals surface area contributed by atoms with Gasteiger partial charge in [0.05, 0.1) is 27.0 Å². The van der Waals surface area contributed by atoms with E-state index in [1.165, 1.54) is 6.07 Å². The van der Waals surface area contributed by atoms with Gasteiger partial charge in [-0.25, -0.2) is 0 Å². The molecule has 0 bridgehead atoms. The fourth-order valence-electron chi connectivity index (χ4n) is 2.30. The van der Waals surface area contributed by atoms with Crippen LogP contribution in [0.15, 0.2) is 68.8 Å². The van der Waals surface area contributed by atoms with Gasteiger partial charge in [-0.1, -0.05) is 29.8 Å². The van der Waals surface area contributed by atoms with Gasteiger partial charge in [-0.15, -0.1) is 0 Å². The summed E-state index contributed by atoms with van der Waals surface area (Å²) in [5.41, 5.74) is 0.990. The summed E-state index contributed by atoms with van der Waals surface area (Å²) in [6.45, 7) is 1.60. The van der Waals surface area contributed by atoms with E-state index in [-0.39, 0.29) is 10.7 Å². The fourth-order valence-corrected chi connectivity index (χ4v) is 2.99. The van der Waals surface area contributed by atoms with E-state index in [1.807, 2.05) is 6.07 Å². The zero-order valence-electron chi connectivity index (χ0n) is 13.4. The van der Waals surface area contributed by atoms with E-state index in [9.17, 15) is 17.8 Å². The molecule has 0 unspecified atom stereocenters. The monoisotopic (exact) mass is 392 g/mol. The lowest BCUT2D eigenvalue weighted by molar-refractivity contribution is -0.117. The molecular weight excluding hydrogens is 380 g/mol. The lowest BCUT2D eigenvalue weighted by Gasteiger charge is -2.15. The molecule has 134 valence electrons. The molecule has 0 fully saturated rings. The van der Waals surface area contributed by atoms with Crippen LogP contribution in [0.4, 0.5) is 11.4 Å². The number of amides is 1. The number of carbonyl (C=O) groups excluding carboxylic acids is 1. The highest BCUT2D eigenvalue weighted by Crippen LogP contribution is 2.32. The maximum atomic E-state index is 12.6. The molecule has 1 amide bonds. The molecule has 1 heterocycles. The Balaban J connectivity index is 1.92. The van der Waals surface area contributed by atoms with Crippen molar-refractivity contribution in [3.63, 3.8) is 0 Å². The standard InChI is InChI=1S/C16H13ClN4O4S/c1-10-15(19-18-11-5-3-2-4-6-11)16(22)21(20-10)14-9-12(26(23,24)25)7-8-13(14)17/h2-9,15H,1H3,(H,23,24,25)/t15-/m0/s1. The van der Waals surface area contributed by atoms with Crippen LogP contribution in [0.5, 0.6) is 0 Å². The first kappa shape index (κ1) is 18.2. The van der Waals surface area contributed by atoms with Crippen LogP contribution in [-0.2, 0) is 14.9 Å². The molecule has 1 aliphatic rings. The summed E-state index contributed by atoms with van der Waals surface area (Å²) in [7, 11) is -4.45. The zero-order valence-corrected chi connectivity index (χ0v) is 15.0. The molecule has 0 aromatic heterocycles. The zero-order chi connectivity index (χ0) is 18.9. The van der Waals surface area contributed by atoms with Gasteiger partial charge in [-0.05, 0) is 37.3 Å². The van der Waals surface area contributed by atoms with Gasteiger partial charge < -0.3 is 0 Å². The molecule has 1 atom stereocenters. The number of halogens is 1. The molecule has 0 aliphatic carbocycles. The molecule has 0 saturated heterocycles. The lowest BCUT2D eigenvalue weighted by Crippen LogP contribution is -2.30. The van der Waals surface area contributed by atoms with Crippen molar-refractivity contribution in [3.05, 3.63) is 53.6 Å². The topological polar surface area (TPSA) is 112 Å². The van der Waals surface area contributed by atoms with Crippen molar-refractivity contribution in [2.45, 2.75) is 17.9 Å². The highest BCUT2D eigenvalue weighted by atomic mass is 35.5. The highest BCUT2D eigenvalue weighted by Gasteiger charge is 2.36. The maximum Gasteiger partial charge on any atom is 0.294 e. The van der Waals surface area contributed by atoms with Crippen molar-refractivity contribution in [2.75, 3.05) is 5.01 Å². The van der Waals surface area contributed by atoms with Gasteiger partial charge in [-0.2, -0.15) is 28.8 Å². The molecule has 1 aliphatic heterocycles. The number of nitrogens with zero attached hydrogens (tertiary/aromatic N) is 4. The Bertz CT molecular complexity index is 1020. The number of hydrogen-bond donors (Lipinski definition) is 1. The van der Waals surface area contributed by atoms with Gasteiger partial charge in [0.25, 0.3) is 16.0 Å². The molecule has 1 N–H and O–H groups in total. The second-order valence-electron chi connectivity index (χ2n) is 5.43. The molecule has 26 heavy (non-hydrogen) atoms. The van der Waals surface area contributed by atoms with Crippen LogP contribution in [0, 0.1) is 0 Å². The summed E-state index contributed by atoms with van der Waals surface area (Å²) < 4.78 is 31.8.